The van der Waals surface area contributed by atoms with Crippen LogP contribution < -0.4 is 0 Å². The zero-order chi connectivity index (χ0) is 42.4. The van der Waals surface area contributed by atoms with E-state index in [1.165, 1.54) is 4.90 Å². The van der Waals surface area contributed by atoms with E-state index >= 15 is 0 Å². The first kappa shape index (κ1) is 42.4. The minimum absolute atomic E-state index is 0.0378. The van der Waals surface area contributed by atoms with Crippen LogP contribution in [0, 0.1) is 0 Å². The fourth-order valence-electron chi connectivity index (χ4n) is 8.01. The van der Waals surface area contributed by atoms with Gasteiger partial charge in [-0.3, -0.25) is 9.59 Å². The van der Waals surface area contributed by atoms with Crippen molar-refractivity contribution in [1.29, 1.82) is 0 Å². The molecule has 0 atom stereocenters. The van der Waals surface area contributed by atoms with E-state index in [0.717, 1.165) is 71.8 Å². The van der Waals surface area contributed by atoms with Crippen LogP contribution in [0.5, 0.6) is 0 Å². The number of nitrogens with zero attached hydrogens (tertiary/aromatic N) is 4. The first-order valence-corrected chi connectivity index (χ1v) is 20.3. The molecule has 0 saturated carbocycles. The van der Waals surface area contributed by atoms with Crippen molar-refractivity contribution >= 4 is 67.1 Å². The Kier molecular flexibility index (Phi) is 13.1. The third-order valence-corrected chi connectivity index (χ3v) is 11.1. The van der Waals surface area contributed by atoms with Crippen molar-refractivity contribution in [3.05, 3.63) is 119 Å². The fourth-order valence-corrected chi connectivity index (χ4v) is 8.01. The topological polar surface area (TPSA) is 111 Å². The summed E-state index contributed by atoms with van der Waals surface area (Å²) in [5.74, 6) is 0.0860. The second-order valence-corrected chi connectivity index (χ2v) is 16.6. The van der Waals surface area contributed by atoms with Crippen molar-refractivity contribution < 1.29 is 29.0 Å². The number of fused-ring (bicyclic) bond motifs is 4. The zero-order valence-corrected chi connectivity index (χ0v) is 35.4. The van der Waals surface area contributed by atoms with Gasteiger partial charge in [-0.15, -0.1) is 0 Å². The Bertz CT molecular complexity index is 2410. The van der Waals surface area contributed by atoms with E-state index in [2.05, 4.69) is 24.3 Å². The van der Waals surface area contributed by atoms with Crippen LogP contribution in [-0.4, -0.2) is 82.5 Å². The molecule has 0 unspecified atom stereocenters. The molecule has 0 aromatic heterocycles. The number of unbranched alkanes of at least 4 members (excludes halogenated alkanes) is 2. The van der Waals surface area contributed by atoms with Gasteiger partial charge in [-0.25, -0.2) is 9.59 Å². The Balaban J connectivity index is 1.08. The SMILES string of the molecule is CN(Cc1c2ccccc2c(CN(C)C(=O)CCCCCC(=O)N(C)Cc2c3ccccc3c(CN(C)C(=O)OC(C)(C)C)c3ccccc23)c2ccccc12)C(=O)O. The molecular weight excluding hydrogens is 741 g/mol. The molecular formula is C49H56N4O6. The number of amides is 4. The molecule has 0 aliphatic rings. The van der Waals surface area contributed by atoms with Crippen LogP contribution in [0.4, 0.5) is 9.59 Å². The molecule has 10 heteroatoms. The Labute approximate surface area is 346 Å². The van der Waals surface area contributed by atoms with E-state index in [1.807, 2.05) is 108 Å². The fraction of sp³-hybridized carbons (Fsp3) is 0.347. The zero-order valence-electron chi connectivity index (χ0n) is 35.4. The summed E-state index contributed by atoms with van der Waals surface area (Å²) in [4.78, 5) is 58.1. The lowest BCUT2D eigenvalue weighted by molar-refractivity contribution is -0.130. The molecule has 4 amide bonds. The average Bonchev–Trinajstić information content (AvgIpc) is 3.21. The maximum Gasteiger partial charge on any atom is 0.410 e. The van der Waals surface area contributed by atoms with Gasteiger partial charge in [-0.2, -0.15) is 0 Å². The predicted molar refractivity (Wildman–Crippen MR) is 236 cm³/mol. The van der Waals surface area contributed by atoms with Gasteiger partial charge in [0.2, 0.25) is 11.8 Å². The van der Waals surface area contributed by atoms with Crippen molar-refractivity contribution in [3.63, 3.8) is 0 Å². The summed E-state index contributed by atoms with van der Waals surface area (Å²) in [6, 6.07) is 32.3. The number of hydrogen-bond acceptors (Lipinski definition) is 5. The summed E-state index contributed by atoms with van der Waals surface area (Å²) < 4.78 is 5.64. The summed E-state index contributed by atoms with van der Waals surface area (Å²) in [7, 11) is 7.00. The van der Waals surface area contributed by atoms with E-state index in [1.54, 1.807) is 28.8 Å². The molecule has 0 saturated heterocycles. The second kappa shape index (κ2) is 18.2. The smallest absolute Gasteiger partial charge is 0.410 e. The molecule has 6 rings (SSSR count). The first-order chi connectivity index (χ1) is 28.1. The van der Waals surface area contributed by atoms with Crippen LogP contribution in [-0.2, 0) is 40.5 Å². The molecule has 6 aromatic rings. The lowest BCUT2D eigenvalue weighted by Gasteiger charge is -2.26. The Morgan fingerprint density at radius 3 is 1.00 bits per heavy atom. The van der Waals surface area contributed by atoms with Crippen LogP contribution >= 0.6 is 0 Å². The lowest BCUT2D eigenvalue weighted by atomic mass is 9.91. The van der Waals surface area contributed by atoms with Crippen molar-refractivity contribution in [2.75, 3.05) is 28.2 Å². The van der Waals surface area contributed by atoms with Gasteiger partial charge in [0.15, 0.2) is 0 Å². The Hall–Kier alpha value is -6.16. The molecule has 0 heterocycles. The number of benzene rings is 6. The van der Waals surface area contributed by atoms with Crippen molar-refractivity contribution in [2.45, 2.75) is 84.7 Å². The van der Waals surface area contributed by atoms with Crippen molar-refractivity contribution in [1.82, 2.24) is 19.6 Å². The highest BCUT2D eigenvalue weighted by atomic mass is 16.6. The Morgan fingerprint density at radius 2 is 0.729 bits per heavy atom. The average molecular weight is 797 g/mol. The van der Waals surface area contributed by atoms with Gasteiger partial charge in [0, 0.05) is 67.2 Å². The summed E-state index contributed by atoms with van der Waals surface area (Å²) in [5, 5.41) is 17.7. The summed E-state index contributed by atoms with van der Waals surface area (Å²) in [5.41, 5.74) is 3.47. The predicted octanol–water partition coefficient (Wildman–Crippen LogP) is 10.3. The first-order valence-electron chi connectivity index (χ1n) is 20.3. The van der Waals surface area contributed by atoms with Gasteiger partial charge in [0.1, 0.15) is 5.60 Å². The highest BCUT2D eigenvalue weighted by Crippen LogP contribution is 2.36. The van der Waals surface area contributed by atoms with E-state index in [4.69, 9.17) is 4.74 Å². The number of rotatable bonds is 14. The molecule has 59 heavy (non-hydrogen) atoms. The summed E-state index contributed by atoms with van der Waals surface area (Å²) in [6.45, 7) is 7.06. The van der Waals surface area contributed by atoms with Gasteiger partial charge in [0.25, 0.3) is 0 Å². The van der Waals surface area contributed by atoms with Crippen LogP contribution in [0.1, 0.15) is 75.1 Å². The third kappa shape index (κ3) is 9.76. The molecule has 0 bridgehead atoms. The summed E-state index contributed by atoms with van der Waals surface area (Å²) in [6.07, 6.45) is 1.50. The Morgan fingerprint density at radius 1 is 0.458 bits per heavy atom. The molecule has 0 aliphatic heterocycles. The van der Waals surface area contributed by atoms with Gasteiger partial charge in [0.05, 0.1) is 0 Å². The molecule has 6 aromatic carbocycles. The van der Waals surface area contributed by atoms with E-state index in [9.17, 15) is 24.3 Å². The van der Waals surface area contributed by atoms with Crippen LogP contribution in [0.3, 0.4) is 0 Å². The van der Waals surface area contributed by atoms with Crippen molar-refractivity contribution in [2.24, 2.45) is 0 Å². The van der Waals surface area contributed by atoms with E-state index < -0.39 is 11.7 Å². The molecule has 0 fully saturated rings. The monoisotopic (exact) mass is 796 g/mol. The minimum atomic E-state index is -0.990. The van der Waals surface area contributed by atoms with Crippen molar-refractivity contribution in [3.8, 4) is 0 Å². The van der Waals surface area contributed by atoms with Gasteiger partial charge < -0.3 is 29.4 Å². The maximum absolute atomic E-state index is 13.5. The van der Waals surface area contributed by atoms with Gasteiger partial charge in [-0.1, -0.05) is 103 Å². The lowest BCUT2D eigenvalue weighted by Crippen LogP contribution is -2.34. The molecule has 308 valence electrons. The number of carbonyl (C=O) groups excluding carboxylic acids is 3. The van der Waals surface area contributed by atoms with Gasteiger partial charge >= 0.3 is 12.2 Å². The molecule has 10 nitrogen and oxygen atoms in total. The molecule has 0 aliphatic carbocycles. The summed E-state index contributed by atoms with van der Waals surface area (Å²) >= 11 is 0. The maximum atomic E-state index is 13.5. The quantitative estimate of drug-likeness (QED) is 0.0868. The number of ether oxygens (including phenoxy) is 1. The van der Waals surface area contributed by atoms with Crippen LogP contribution in [0.15, 0.2) is 97.1 Å². The third-order valence-electron chi connectivity index (χ3n) is 11.1. The normalized spacial score (nSPS) is 11.6. The number of hydrogen-bond donors (Lipinski definition) is 1. The molecule has 1 N–H and O–H groups in total. The molecule has 0 radical (unpaired) electrons. The number of carbonyl (C=O) groups is 4. The largest absolute Gasteiger partial charge is 0.465 e. The van der Waals surface area contributed by atoms with Crippen LogP contribution in [0.25, 0.3) is 43.1 Å². The van der Waals surface area contributed by atoms with Gasteiger partial charge in [-0.05, 0) is 99.0 Å². The highest BCUT2D eigenvalue weighted by Gasteiger charge is 2.23. The standard InChI is InChI=1S/C49H56N4O6/c1-49(2,3)59-48(58)53(7)32-44-39-25-17-13-21-35(39)42(36-22-14-18-26-40(36)44)30-51(5)46(55)28-10-8-9-27-45(54)50(4)29-41-33-19-11-15-23-37(33)43(31-52(6)47(56)57)38-24-16-12-20-34(38)41/h11-26H,8-10,27-32H2,1-7H3,(H,56,57). The van der Waals surface area contributed by atoms with E-state index in [0.29, 0.717) is 45.3 Å². The number of carboxylic acid groups (broad SMARTS) is 1. The minimum Gasteiger partial charge on any atom is -0.465 e. The van der Waals surface area contributed by atoms with E-state index in [-0.39, 0.29) is 24.5 Å². The van der Waals surface area contributed by atoms with Crippen LogP contribution in [0.2, 0.25) is 0 Å². The highest BCUT2D eigenvalue weighted by molar-refractivity contribution is 6.07. The molecule has 0 spiro atoms. The second-order valence-electron chi connectivity index (χ2n) is 16.6.